The van der Waals surface area contributed by atoms with Gasteiger partial charge < -0.3 is 18.9 Å². The zero-order valence-electron chi connectivity index (χ0n) is 18.0. The first-order valence-corrected chi connectivity index (χ1v) is 10.4. The van der Waals surface area contributed by atoms with Crippen molar-refractivity contribution >= 4 is 11.9 Å². The lowest BCUT2D eigenvalue weighted by Crippen LogP contribution is -2.42. The highest BCUT2D eigenvalue weighted by atomic mass is 16.5. The summed E-state index contributed by atoms with van der Waals surface area (Å²) < 4.78 is 12.3. The molecule has 0 atom stereocenters. The molecule has 0 unspecified atom stereocenters. The zero-order chi connectivity index (χ0) is 21.5. The molecule has 1 fully saturated rings. The minimum atomic E-state index is -0.312. The van der Waals surface area contributed by atoms with Crippen molar-refractivity contribution in [3.63, 3.8) is 0 Å². The first kappa shape index (κ1) is 21.9. The monoisotopic (exact) mass is 413 g/mol. The molecule has 1 saturated heterocycles. The van der Waals surface area contributed by atoms with Crippen molar-refractivity contribution in [2.45, 2.75) is 32.4 Å². The summed E-state index contributed by atoms with van der Waals surface area (Å²) in [6, 6.07) is 11.8. The number of methoxy groups -OCH3 is 1. The summed E-state index contributed by atoms with van der Waals surface area (Å²) in [6.07, 6.45) is 3.73. The van der Waals surface area contributed by atoms with Gasteiger partial charge in [0.25, 0.3) is 0 Å². The second-order valence-corrected chi connectivity index (χ2v) is 7.63. The maximum Gasteiger partial charge on any atom is 0.354 e. The van der Waals surface area contributed by atoms with E-state index in [9.17, 15) is 9.59 Å². The van der Waals surface area contributed by atoms with Crippen LogP contribution < -0.4 is 4.74 Å². The van der Waals surface area contributed by atoms with Crippen LogP contribution in [0.1, 0.15) is 41.9 Å². The minimum absolute atomic E-state index is 0.110. The molecule has 0 N–H and O–H groups in total. The van der Waals surface area contributed by atoms with Gasteiger partial charge in [-0.1, -0.05) is 12.1 Å². The van der Waals surface area contributed by atoms with Crippen LogP contribution in [0.2, 0.25) is 0 Å². The molecule has 1 aliphatic heterocycles. The average Bonchev–Trinajstić information content (AvgIpc) is 3.25. The van der Waals surface area contributed by atoms with Gasteiger partial charge in [-0.15, -0.1) is 0 Å². The standard InChI is InChI=1S/C23H31N3O4/c1-4-30-20-9-7-18(8-10-20)16-24(2)22(27)17-25-14-11-19(12-15-25)26-13-5-6-21(26)23(28)29-3/h5-10,13,19H,4,11-12,14-17H2,1-3H3. The van der Waals surface area contributed by atoms with Gasteiger partial charge in [0.1, 0.15) is 11.4 Å². The number of benzene rings is 1. The second-order valence-electron chi connectivity index (χ2n) is 7.63. The van der Waals surface area contributed by atoms with Gasteiger partial charge in [0.15, 0.2) is 0 Å². The van der Waals surface area contributed by atoms with E-state index in [1.54, 1.807) is 11.0 Å². The number of aromatic nitrogens is 1. The smallest absolute Gasteiger partial charge is 0.354 e. The third-order valence-corrected chi connectivity index (χ3v) is 5.56. The molecular weight excluding hydrogens is 382 g/mol. The first-order chi connectivity index (χ1) is 14.5. The molecule has 7 heteroatoms. The van der Waals surface area contributed by atoms with Gasteiger partial charge in [-0.25, -0.2) is 4.79 Å². The number of rotatable bonds is 8. The topological polar surface area (TPSA) is 64.0 Å². The van der Waals surface area contributed by atoms with Crippen LogP contribution in [0.5, 0.6) is 5.75 Å². The number of esters is 1. The minimum Gasteiger partial charge on any atom is -0.494 e. The summed E-state index contributed by atoms with van der Waals surface area (Å²) in [4.78, 5) is 28.5. The summed E-state index contributed by atoms with van der Waals surface area (Å²) >= 11 is 0. The predicted molar refractivity (Wildman–Crippen MR) is 115 cm³/mol. The van der Waals surface area contributed by atoms with Crippen LogP contribution in [0.3, 0.4) is 0 Å². The highest BCUT2D eigenvalue weighted by Gasteiger charge is 2.25. The van der Waals surface area contributed by atoms with Gasteiger partial charge in [-0.05, 0) is 49.6 Å². The van der Waals surface area contributed by atoms with Gasteiger partial charge in [-0.2, -0.15) is 0 Å². The lowest BCUT2D eigenvalue weighted by Gasteiger charge is -2.33. The fourth-order valence-electron chi connectivity index (χ4n) is 3.88. The number of ether oxygens (including phenoxy) is 2. The van der Waals surface area contributed by atoms with Gasteiger partial charge >= 0.3 is 5.97 Å². The average molecular weight is 414 g/mol. The molecular formula is C23H31N3O4. The summed E-state index contributed by atoms with van der Waals surface area (Å²) in [6.45, 7) is 5.24. The second kappa shape index (κ2) is 10.3. The summed E-state index contributed by atoms with van der Waals surface area (Å²) in [5.74, 6) is 0.642. The van der Waals surface area contributed by atoms with E-state index < -0.39 is 0 Å². The molecule has 1 aromatic carbocycles. The number of amides is 1. The lowest BCUT2D eigenvalue weighted by molar-refractivity contribution is -0.132. The van der Waals surface area contributed by atoms with Crippen molar-refractivity contribution < 1.29 is 19.1 Å². The summed E-state index contributed by atoms with van der Waals surface area (Å²) in [5.41, 5.74) is 1.66. The molecule has 162 valence electrons. The van der Waals surface area contributed by atoms with Crippen LogP contribution in [0, 0.1) is 0 Å². The van der Waals surface area contributed by atoms with Crippen LogP contribution in [-0.4, -0.2) is 66.6 Å². The molecule has 30 heavy (non-hydrogen) atoms. The predicted octanol–water partition coefficient (Wildman–Crippen LogP) is 2.97. The molecule has 0 saturated carbocycles. The zero-order valence-corrected chi connectivity index (χ0v) is 18.0. The number of piperidine rings is 1. The van der Waals surface area contributed by atoms with Crippen molar-refractivity contribution in [3.8, 4) is 5.75 Å². The van der Waals surface area contributed by atoms with E-state index in [-0.39, 0.29) is 17.9 Å². The van der Waals surface area contributed by atoms with Crippen molar-refractivity contribution in [2.75, 3.05) is 40.4 Å². The van der Waals surface area contributed by atoms with Crippen LogP contribution in [0.4, 0.5) is 0 Å². The summed E-state index contributed by atoms with van der Waals surface area (Å²) in [5, 5.41) is 0. The number of hydrogen-bond acceptors (Lipinski definition) is 5. The van der Waals surface area contributed by atoms with Crippen molar-refractivity contribution in [3.05, 3.63) is 53.9 Å². The Hall–Kier alpha value is -2.80. The molecule has 2 heterocycles. The molecule has 3 rings (SSSR count). The van der Waals surface area contributed by atoms with E-state index in [4.69, 9.17) is 9.47 Å². The maximum absolute atomic E-state index is 12.7. The third kappa shape index (κ3) is 5.42. The molecule has 0 spiro atoms. The Balaban J connectivity index is 1.48. The Morgan fingerprint density at radius 3 is 2.47 bits per heavy atom. The number of likely N-dealkylation sites (N-methyl/N-ethyl adjacent to an activating group) is 1. The molecule has 0 aliphatic carbocycles. The Kier molecular flexibility index (Phi) is 7.52. The van der Waals surface area contributed by atoms with Crippen LogP contribution in [-0.2, 0) is 16.1 Å². The fourth-order valence-corrected chi connectivity index (χ4v) is 3.88. The third-order valence-electron chi connectivity index (χ3n) is 5.56. The normalized spacial score (nSPS) is 15.0. The molecule has 2 aromatic rings. The summed E-state index contributed by atoms with van der Waals surface area (Å²) in [7, 11) is 3.24. The Bertz CT molecular complexity index is 838. The van der Waals surface area contributed by atoms with E-state index >= 15 is 0 Å². The Labute approximate surface area is 178 Å². The van der Waals surface area contributed by atoms with Gasteiger partial charge in [0.2, 0.25) is 5.91 Å². The number of carbonyl (C=O) groups excluding carboxylic acids is 2. The highest BCUT2D eigenvalue weighted by molar-refractivity contribution is 5.87. The van der Waals surface area contributed by atoms with Gasteiger partial charge in [0, 0.05) is 38.9 Å². The van der Waals surface area contributed by atoms with Crippen molar-refractivity contribution in [1.29, 1.82) is 0 Å². The molecule has 1 aromatic heterocycles. The first-order valence-electron chi connectivity index (χ1n) is 10.4. The molecule has 7 nitrogen and oxygen atoms in total. The van der Waals surface area contributed by atoms with E-state index in [1.807, 2.05) is 55.1 Å². The SMILES string of the molecule is CCOc1ccc(CN(C)C(=O)CN2CCC(n3cccc3C(=O)OC)CC2)cc1. The highest BCUT2D eigenvalue weighted by Crippen LogP contribution is 2.25. The molecule has 1 amide bonds. The number of nitrogens with zero attached hydrogens (tertiary/aromatic N) is 3. The van der Waals surface area contributed by atoms with E-state index in [1.165, 1.54) is 7.11 Å². The quantitative estimate of drug-likeness (QED) is 0.623. The van der Waals surface area contributed by atoms with Crippen LogP contribution in [0.25, 0.3) is 0 Å². The van der Waals surface area contributed by atoms with Gasteiger partial charge in [-0.3, -0.25) is 9.69 Å². The van der Waals surface area contributed by atoms with Crippen molar-refractivity contribution in [1.82, 2.24) is 14.4 Å². The van der Waals surface area contributed by atoms with E-state index in [2.05, 4.69) is 4.90 Å². The van der Waals surface area contributed by atoms with E-state index in [0.717, 1.165) is 37.2 Å². The number of hydrogen-bond donors (Lipinski definition) is 0. The Morgan fingerprint density at radius 1 is 1.13 bits per heavy atom. The molecule has 0 bridgehead atoms. The fraction of sp³-hybridized carbons (Fsp3) is 0.478. The molecule has 0 radical (unpaired) electrons. The number of likely N-dealkylation sites (tertiary alicyclic amines) is 1. The van der Waals surface area contributed by atoms with E-state index in [0.29, 0.717) is 25.4 Å². The number of carbonyl (C=O) groups is 2. The molecule has 1 aliphatic rings. The van der Waals surface area contributed by atoms with Crippen LogP contribution in [0.15, 0.2) is 42.6 Å². The van der Waals surface area contributed by atoms with Crippen LogP contribution >= 0.6 is 0 Å². The Morgan fingerprint density at radius 2 is 1.83 bits per heavy atom. The van der Waals surface area contributed by atoms with Gasteiger partial charge in [0.05, 0.1) is 20.3 Å². The van der Waals surface area contributed by atoms with Crippen molar-refractivity contribution in [2.24, 2.45) is 0 Å². The largest absolute Gasteiger partial charge is 0.494 e. The maximum atomic E-state index is 12.7. The lowest BCUT2D eigenvalue weighted by atomic mass is 10.0.